The Morgan fingerprint density at radius 3 is 2.46 bits per heavy atom. The van der Waals surface area contributed by atoms with Crippen LogP contribution in [0.1, 0.15) is 5.56 Å². The summed E-state index contributed by atoms with van der Waals surface area (Å²) < 4.78 is 6.48. The van der Waals surface area contributed by atoms with Crippen LogP contribution in [0.15, 0.2) is 59.4 Å². The van der Waals surface area contributed by atoms with Crippen LogP contribution in [0.25, 0.3) is 20.5 Å². The number of hydrogen-bond acceptors (Lipinski definition) is 4. The van der Waals surface area contributed by atoms with Gasteiger partial charge in [0.25, 0.3) is 0 Å². The van der Waals surface area contributed by atoms with Gasteiger partial charge in [-0.05, 0) is 17.7 Å². The summed E-state index contributed by atoms with van der Waals surface area (Å²) in [7, 11) is 0. The van der Waals surface area contributed by atoms with Crippen molar-refractivity contribution >= 4 is 21.4 Å². The maximum absolute atomic E-state index is 13.1. The van der Waals surface area contributed by atoms with Crippen LogP contribution in [0.5, 0.6) is 0 Å². The Labute approximate surface area is 145 Å². The number of ether oxygens (including phenoxy) is 1. The van der Waals surface area contributed by atoms with E-state index in [1.54, 1.807) is 11.3 Å². The molecule has 0 radical (unpaired) electrons. The van der Waals surface area contributed by atoms with Gasteiger partial charge in [0.15, 0.2) is 5.43 Å². The molecule has 122 valence electrons. The molecule has 4 heteroatoms. The number of rotatable bonds is 3. The van der Waals surface area contributed by atoms with Crippen molar-refractivity contribution in [1.82, 2.24) is 4.90 Å². The molecule has 0 spiro atoms. The Bertz CT molecular complexity index is 898. The molecule has 2 heterocycles. The van der Waals surface area contributed by atoms with Crippen molar-refractivity contribution in [2.75, 3.05) is 26.3 Å². The van der Waals surface area contributed by atoms with Crippen molar-refractivity contribution in [3.8, 4) is 10.4 Å². The molecule has 1 aromatic heterocycles. The van der Waals surface area contributed by atoms with Crippen LogP contribution in [0.2, 0.25) is 0 Å². The largest absolute Gasteiger partial charge is 0.379 e. The van der Waals surface area contributed by atoms with Crippen LogP contribution >= 0.6 is 11.3 Å². The molecule has 3 aromatic rings. The van der Waals surface area contributed by atoms with Crippen LogP contribution in [0.4, 0.5) is 0 Å². The Kier molecular flexibility index (Phi) is 4.43. The first-order valence-corrected chi connectivity index (χ1v) is 9.05. The number of hydrogen-bond donors (Lipinski definition) is 0. The fraction of sp³-hybridized carbons (Fsp3) is 0.250. The third kappa shape index (κ3) is 3.00. The van der Waals surface area contributed by atoms with E-state index >= 15 is 0 Å². The molecule has 1 aliphatic heterocycles. The molecule has 3 nitrogen and oxygen atoms in total. The van der Waals surface area contributed by atoms with Gasteiger partial charge in [0.1, 0.15) is 0 Å². The van der Waals surface area contributed by atoms with Gasteiger partial charge in [0.2, 0.25) is 0 Å². The highest BCUT2D eigenvalue weighted by atomic mass is 32.1. The summed E-state index contributed by atoms with van der Waals surface area (Å²) >= 11 is 1.71. The Morgan fingerprint density at radius 2 is 1.67 bits per heavy atom. The molecule has 4 rings (SSSR count). The van der Waals surface area contributed by atoms with Gasteiger partial charge < -0.3 is 4.74 Å². The molecule has 0 atom stereocenters. The lowest BCUT2D eigenvalue weighted by molar-refractivity contribution is 0.0342. The van der Waals surface area contributed by atoms with E-state index in [-0.39, 0.29) is 5.43 Å². The summed E-state index contributed by atoms with van der Waals surface area (Å²) in [6.07, 6.45) is 0. The summed E-state index contributed by atoms with van der Waals surface area (Å²) in [6, 6.07) is 18.1. The van der Waals surface area contributed by atoms with Gasteiger partial charge >= 0.3 is 0 Å². The minimum Gasteiger partial charge on any atom is -0.379 e. The van der Waals surface area contributed by atoms with Crippen LogP contribution in [0.3, 0.4) is 0 Å². The number of fused-ring (bicyclic) bond motifs is 1. The summed E-state index contributed by atoms with van der Waals surface area (Å²) in [5, 5.41) is 0.824. The van der Waals surface area contributed by atoms with E-state index < -0.39 is 0 Å². The molecule has 0 aliphatic carbocycles. The maximum Gasteiger partial charge on any atom is 0.193 e. The van der Waals surface area contributed by atoms with Crippen molar-refractivity contribution in [3.63, 3.8) is 0 Å². The number of benzene rings is 2. The first-order valence-electron chi connectivity index (χ1n) is 8.23. The highest BCUT2D eigenvalue weighted by Crippen LogP contribution is 2.32. The minimum atomic E-state index is 0.162. The van der Waals surface area contributed by atoms with Crippen LogP contribution < -0.4 is 5.43 Å². The van der Waals surface area contributed by atoms with E-state index in [4.69, 9.17) is 4.74 Å². The Hall–Kier alpha value is -2.01. The molecule has 0 unspecified atom stereocenters. The monoisotopic (exact) mass is 337 g/mol. The third-order valence-corrected chi connectivity index (χ3v) is 5.68. The lowest BCUT2D eigenvalue weighted by Crippen LogP contribution is -2.37. The lowest BCUT2D eigenvalue weighted by Gasteiger charge is -2.27. The fourth-order valence-corrected chi connectivity index (χ4v) is 4.30. The minimum absolute atomic E-state index is 0.162. The summed E-state index contributed by atoms with van der Waals surface area (Å²) in [5.41, 5.74) is 2.19. The van der Waals surface area contributed by atoms with Gasteiger partial charge in [-0.25, -0.2) is 0 Å². The van der Waals surface area contributed by atoms with Crippen molar-refractivity contribution in [1.29, 1.82) is 0 Å². The van der Waals surface area contributed by atoms with Gasteiger partial charge in [-0.2, -0.15) is 0 Å². The second-order valence-corrected chi connectivity index (χ2v) is 7.04. The Morgan fingerprint density at radius 1 is 0.958 bits per heavy atom. The molecule has 2 aromatic carbocycles. The molecule has 24 heavy (non-hydrogen) atoms. The van der Waals surface area contributed by atoms with E-state index in [0.29, 0.717) is 6.54 Å². The number of nitrogens with zero attached hydrogens (tertiary/aromatic N) is 1. The molecular formula is C20H19NO2S. The highest BCUT2D eigenvalue weighted by Gasteiger charge is 2.18. The molecule has 0 amide bonds. The second-order valence-electron chi connectivity index (χ2n) is 5.99. The molecule has 1 fully saturated rings. The molecular weight excluding hydrogens is 318 g/mol. The van der Waals surface area contributed by atoms with Crippen molar-refractivity contribution in [3.05, 3.63) is 70.4 Å². The molecule has 0 saturated carbocycles. The zero-order chi connectivity index (χ0) is 16.4. The topological polar surface area (TPSA) is 29.5 Å². The first kappa shape index (κ1) is 15.5. The van der Waals surface area contributed by atoms with E-state index in [1.165, 1.54) is 0 Å². The van der Waals surface area contributed by atoms with Crippen LogP contribution in [-0.2, 0) is 11.3 Å². The van der Waals surface area contributed by atoms with Gasteiger partial charge in [-0.1, -0.05) is 42.5 Å². The van der Waals surface area contributed by atoms with E-state index in [1.807, 2.05) is 42.5 Å². The van der Waals surface area contributed by atoms with Gasteiger partial charge in [0, 0.05) is 40.2 Å². The van der Waals surface area contributed by atoms with Gasteiger partial charge in [-0.3, -0.25) is 9.69 Å². The van der Waals surface area contributed by atoms with E-state index in [2.05, 4.69) is 17.0 Å². The fourth-order valence-electron chi connectivity index (χ4n) is 3.13. The molecule has 0 N–H and O–H groups in total. The van der Waals surface area contributed by atoms with E-state index in [0.717, 1.165) is 52.4 Å². The van der Waals surface area contributed by atoms with Crippen molar-refractivity contribution < 1.29 is 4.74 Å². The molecule has 1 aliphatic rings. The predicted molar refractivity (Wildman–Crippen MR) is 99.6 cm³/mol. The van der Waals surface area contributed by atoms with E-state index in [9.17, 15) is 4.79 Å². The van der Waals surface area contributed by atoms with Gasteiger partial charge in [-0.15, -0.1) is 11.3 Å². The Balaban J connectivity index is 1.88. The zero-order valence-corrected chi connectivity index (χ0v) is 14.2. The summed E-state index contributed by atoms with van der Waals surface area (Å²) in [6.45, 7) is 3.93. The third-order valence-electron chi connectivity index (χ3n) is 4.41. The molecule has 1 saturated heterocycles. The molecule has 0 bridgehead atoms. The quantitative estimate of drug-likeness (QED) is 0.729. The first-order chi connectivity index (χ1) is 11.8. The van der Waals surface area contributed by atoms with Crippen LogP contribution in [0, 0.1) is 0 Å². The summed E-state index contributed by atoms with van der Waals surface area (Å²) in [5.74, 6) is 0. The highest BCUT2D eigenvalue weighted by molar-refractivity contribution is 7.21. The van der Waals surface area contributed by atoms with Crippen molar-refractivity contribution in [2.45, 2.75) is 6.54 Å². The lowest BCUT2D eigenvalue weighted by atomic mass is 10.1. The standard InChI is InChI=1S/C20H19NO2S/c22-19-16-8-4-5-9-18(16)24-20(15-6-2-1-3-7-15)17(19)14-21-10-12-23-13-11-21/h1-9H,10-14H2. The zero-order valence-electron chi connectivity index (χ0n) is 13.4. The maximum atomic E-state index is 13.1. The second kappa shape index (κ2) is 6.85. The average molecular weight is 337 g/mol. The van der Waals surface area contributed by atoms with Crippen molar-refractivity contribution in [2.24, 2.45) is 0 Å². The van der Waals surface area contributed by atoms with Gasteiger partial charge in [0.05, 0.1) is 13.2 Å². The SMILES string of the molecule is O=c1c(CN2CCOCC2)c(-c2ccccc2)sc2ccccc12. The average Bonchev–Trinajstić information content (AvgIpc) is 2.65. The van der Waals surface area contributed by atoms with Crippen LogP contribution in [-0.4, -0.2) is 31.2 Å². The number of morpholine rings is 1. The normalized spacial score (nSPS) is 15.7. The predicted octanol–water partition coefficient (Wildman–Crippen LogP) is 3.76. The summed E-state index contributed by atoms with van der Waals surface area (Å²) in [4.78, 5) is 16.5. The smallest absolute Gasteiger partial charge is 0.193 e.